The molecule has 0 aliphatic heterocycles. The van der Waals surface area contributed by atoms with Crippen LogP contribution in [-0.4, -0.2) is 21.8 Å². The predicted octanol–water partition coefficient (Wildman–Crippen LogP) is 3.95. The minimum atomic E-state index is -0.355. The Labute approximate surface area is 142 Å². The van der Waals surface area contributed by atoms with Crippen molar-refractivity contribution in [2.24, 2.45) is 5.10 Å². The van der Waals surface area contributed by atoms with E-state index in [9.17, 15) is 4.79 Å². The first-order valence-corrected chi connectivity index (χ1v) is 8.10. The van der Waals surface area contributed by atoms with Gasteiger partial charge in [0.05, 0.1) is 16.4 Å². The highest BCUT2D eigenvalue weighted by molar-refractivity contribution is 7.12. The maximum atomic E-state index is 12.1. The standard InChI is InChI=1S/C16H13ClN4OS/c1-10(15-7-4-8-23-15)18-21-16(22)14-9-13(19-20-14)11-5-2-3-6-12(11)17/h2-9H,1H3,(H,19,20)(H,21,22)/b18-10-. The molecule has 0 saturated carbocycles. The lowest BCUT2D eigenvalue weighted by Crippen LogP contribution is -2.19. The summed E-state index contributed by atoms with van der Waals surface area (Å²) in [4.78, 5) is 13.1. The zero-order valence-electron chi connectivity index (χ0n) is 12.2. The topological polar surface area (TPSA) is 70.1 Å². The number of nitrogens with zero attached hydrogens (tertiary/aromatic N) is 2. The van der Waals surface area contributed by atoms with Crippen LogP contribution in [0, 0.1) is 0 Å². The number of amides is 1. The zero-order chi connectivity index (χ0) is 16.2. The fourth-order valence-corrected chi connectivity index (χ4v) is 2.89. The van der Waals surface area contributed by atoms with E-state index < -0.39 is 0 Å². The summed E-state index contributed by atoms with van der Waals surface area (Å²) in [5, 5.41) is 13.5. The fourth-order valence-electron chi connectivity index (χ4n) is 1.98. The van der Waals surface area contributed by atoms with Gasteiger partial charge in [-0.1, -0.05) is 35.9 Å². The first kappa shape index (κ1) is 15.5. The Morgan fingerprint density at radius 3 is 2.87 bits per heavy atom. The van der Waals surface area contributed by atoms with Crippen LogP contribution in [-0.2, 0) is 0 Å². The number of aromatic amines is 1. The van der Waals surface area contributed by atoms with Crippen molar-refractivity contribution in [2.45, 2.75) is 6.92 Å². The van der Waals surface area contributed by atoms with Crippen LogP contribution in [0.15, 0.2) is 52.9 Å². The number of halogens is 1. The van der Waals surface area contributed by atoms with Crippen molar-refractivity contribution in [3.63, 3.8) is 0 Å². The largest absolute Gasteiger partial charge is 0.289 e. The zero-order valence-corrected chi connectivity index (χ0v) is 13.8. The number of carbonyl (C=O) groups is 1. The van der Waals surface area contributed by atoms with Crippen molar-refractivity contribution >= 4 is 34.6 Å². The molecule has 0 radical (unpaired) electrons. The molecule has 2 heterocycles. The quantitative estimate of drug-likeness (QED) is 0.555. The third-order valence-electron chi connectivity index (χ3n) is 3.18. The van der Waals surface area contributed by atoms with E-state index in [1.807, 2.05) is 42.6 Å². The van der Waals surface area contributed by atoms with Crippen LogP contribution < -0.4 is 5.43 Å². The molecule has 3 aromatic rings. The Morgan fingerprint density at radius 1 is 1.30 bits per heavy atom. The van der Waals surface area contributed by atoms with Crippen LogP contribution in [0.4, 0.5) is 0 Å². The number of thiophene rings is 1. The molecule has 2 N–H and O–H groups in total. The number of nitrogens with one attached hydrogen (secondary N) is 2. The molecule has 1 aromatic carbocycles. The molecule has 0 unspecified atom stereocenters. The van der Waals surface area contributed by atoms with Gasteiger partial charge in [0, 0.05) is 10.4 Å². The average Bonchev–Trinajstić information content (AvgIpc) is 3.24. The van der Waals surface area contributed by atoms with Gasteiger partial charge in [-0.25, -0.2) is 5.43 Å². The SMILES string of the molecule is C/C(=N/NC(=O)c1cc(-c2ccccc2Cl)n[nH]1)c1cccs1. The molecule has 7 heteroatoms. The highest BCUT2D eigenvalue weighted by atomic mass is 35.5. The normalized spacial score (nSPS) is 11.5. The Bertz CT molecular complexity index is 855. The molecule has 0 atom stereocenters. The van der Waals surface area contributed by atoms with Gasteiger partial charge in [0.1, 0.15) is 5.69 Å². The second-order valence-electron chi connectivity index (χ2n) is 4.76. The van der Waals surface area contributed by atoms with E-state index in [1.165, 1.54) is 0 Å². The highest BCUT2D eigenvalue weighted by Crippen LogP contribution is 2.26. The molecule has 3 rings (SSSR count). The molecule has 23 heavy (non-hydrogen) atoms. The van der Waals surface area contributed by atoms with Gasteiger partial charge in [-0.05, 0) is 30.5 Å². The van der Waals surface area contributed by atoms with Crippen LogP contribution >= 0.6 is 22.9 Å². The lowest BCUT2D eigenvalue weighted by Gasteiger charge is -1.99. The first-order valence-electron chi connectivity index (χ1n) is 6.84. The summed E-state index contributed by atoms with van der Waals surface area (Å²) in [5.74, 6) is -0.355. The molecule has 2 aromatic heterocycles. The molecular weight excluding hydrogens is 332 g/mol. The summed E-state index contributed by atoms with van der Waals surface area (Å²) < 4.78 is 0. The number of hydrogen-bond acceptors (Lipinski definition) is 4. The minimum absolute atomic E-state index is 0.322. The maximum absolute atomic E-state index is 12.1. The van der Waals surface area contributed by atoms with E-state index in [2.05, 4.69) is 20.7 Å². The number of carbonyl (C=O) groups excluding carboxylic acids is 1. The van der Waals surface area contributed by atoms with E-state index in [0.29, 0.717) is 16.4 Å². The van der Waals surface area contributed by atoms with Crippen LogP contribution in [0.5, 0.6) is 0 Å². The Kier molecular flexibility index (Phi) is 4.55. The third-order valence-corrected chi connectivity index (χ3v) is 4.48. The van der Waals surface area contributed by atoms with Gasteiger partial charge < -0.3 is 0 Å². The predicted molar refractivity (Wildman–Crippen MR) is 93.0 cm³/mol. The lowest BCUT2D eigenvalue weighted by atomic mass is 10.1. The Hall–Kier alpha value is -2.44. The van der Waals surface area contributed by atoms with Gasteiger partial charge in [-0.15, -0.1) is 11.3 Å². The van der Waals surface area contributed by atoms with Crippen molar-refractivity contribution in [2.75, 3.05) is 0 Å². The molecule has 0 fully saturated rings. The van der Waals surface area contributed by atoms with E-state index in [0.717, 1.165) is 16.2 Å². The molecule has 1 amide bonds. The van der Waals surface area contributed by atoms with Gasteiger partial charge in [-0.3, -0.25) is 9.89 Å². The number of hydrogen-bond donors (Lipinski definition) is 2. The summed E-state index contributed by atoms with van der Waals surface area (Å²) in [7, 11) is 0. The van der Waals surface area contributed by atoms with Crippen molar-refractivity contribution in [3.8, 4) is 11.3 Å². The second-order valence-corrected chi connectivity index (χ2v) is 6.12. The summed E-state index contributed by atoms with van der Waals surface area (Å²) in [6.07, 6.45) is 0. The van der Waals surface area contributed by atoms with Crippen LogP contribution in [0.25, 0.3) is 11.3 Å². The summed E-state index contributed by atoms with van der Waals surface area (Å²) >= 11 is 7.70. The highest BCUT2D eigenvalue weighted by Gasteiger charge is 2.12. The smallest absolute Gasteiger partial charge is 0.272 e. The summed E-state index contributed by atoms with van der Waals surface area (Å²) in [5.41, 5.74) is 4.97. The minimum Gasteiger partial charge on any atom is -0.272 e. The Balaban J connectivity index is 1.74. The number of H-pyrrole nitrogens is 1. The van der Waals surface area contributed by atoms with Crippen molar-refractivity contribution < 1.29 is 4.79 Å². The molecule has 0 spiro atoms. The lowest BCUT2D eigenvalue weighted by molar-refractivity contribution is 0.0950. The maximum Gasteiger partial charge on any atom is 0.289 e. The van der Waals surface area contributed by atoms with E-state index in [1.54, 1.807) is 23.5 Å². The number of aromatic nitrogens is 2. The number of benzene rings is 1. The molecule has 0 aliphatic rings. The summed E-state index contributed by atoms with van der Waals surface area (Å²) in [6.45, 7) is 1.84. The average molecular weight is 345 g/mol. The van der Waals surface area contributed by atoms with Gasteiger partial charge in [0.2, 0.25) is 0 Å². The monoisotopic (exact) mass is 344 g/mol. The van der Waals surface area contributed by atoms with Crippen molar-refractivity contribution in [3.05, 3.63) is 63.4 Å². The van der Waals surface area contributed by atoms with E-state index >= 15 is 0 Å². The second kappa shape index (κ2) is 6.76. The van der Waals surface area contributed by atoms with Crippen LogP contribution in [0.1, 0.15) is 22.3 Å². The molecule has 5 nitrogen and oxygen atoms in total. The van der Waals surface area contributed by atoms with Gasteiger partial charge in [-0.2, -0.15) is 10.2 Å². The molecule has 0 saturated heterocycles. The molecular formula is C16H13ClN4OS. The van der Waals surface area contributed by atoms with E-state index in [-0.39, 0.29) is 5.91 Å². The van der Waals surface area contributed by atoms with Gasteiger partial charge in [0.25, 0.3) is 5.91 Å². The third kappa shape index (κ3) is 3.49. The molecule has 116 valence electrons. The van der Waals surface area contributed by atoms with Crippen molar-refractivity contribution in [1.82, 2.24) is 15.6 Å². The fraction of sp³-hybridized carbons (Fsp3) is 0.0625. The van der Waals surface area contributed by atoms with Crippen molar-refractivity contribution in [1.29, 1.82) is 0 Å². The van der Waals surface area contributed by atoms with Crippen LogP contribution in [0.2, 0.25) is 5.02 Å². The van der Waals surface area contributed by atoms with Gasteiger partial charge in [0.15, 0.2) is 0 Å². The van der Waals surface area contributed by atoms with E-state index in [4.69, 9.17) is 11.6 Å². The molecule has 0 bridgehead atoms. The summed E-state index contributed by atoms with van der Waals surface area (Å²) in [6, 6.07) is 12.9. The van der Waals surface area contributed by atoms with Crippen LogP contribution in [0.3, 0.4) is 0 Å². The van der Waals surface area contributed by atoms with Gasteiger partial charge >= 0.3 is 0 Å². The molecule has 0 aliphatic carbocycles. The Morgan fingerprint density at radius 2 is 2.13 bits per heavy atom. The number of hydrazone groups is 1. The number of rotatable bonds is 4. The first-order chi connectivity index (χ1) is 11.1.